The quantitative estimate of drug-likeness (QED) is 0.824. The van der Waals surface area contributed by atoms with Crippen LogP contribution < -0.4 is 5.32 Å². The molecule has 1 saturated carbocycles. The highest BCUT2D eigenvalue weighted by atomic mass is 32.2. The lowest BCUT2D eigenvalue weighted by Crippen LogP contribution is -2.43. The fraction of sp³-hybridized carbons (Fsp3) is 0.588. The van der Waals surface area contributed by atoms with Gasteiger partial charge in [-0.15, -0.1) is 0 Å². The maximum Gasteiger partial charge on any atom is 0.264 e. The van der Waals surface area contributed by atoms with Crippen molar-refractivity contribution in [3.63, 3.8) is 0 Å². The van der Waals surface area contributed by atoms with Crippen molar-refractivity contribution in [2.24, 2.45) is 11.8 Å². The summed E-state index contributed by atoms with van der Waals surface area (Å²) in [6.45, 7) is 4.36. The van der Waals surface area contributed by atoms with E-state index < -0.39 is 10.0 Å². The van der Waals surface area contributed by atoms with Crippen molar-refractivity contribution in [2.75, 3.05) is 14.2 Å². The molecule has 3 atom stereocenters. The maximum atomic E-state index is 12.5. The lowest BCUT2D eigenvalue weighted by atomic mass is 9.78. The molecule has 0 heterocycles. The standard InChI is InChI=1S/C17H26N2O4S/c1-12-7-5-10-16(13(12)2)18-17(20)14-8-6-9-15(11-14)24(21,22)19(3)23-4/h6,8-9,11-13,16H,5,7,10H2,1-4H3,(H,18,20). The van der Waals surface area contributed by atoms with E-state index >= 15 is 0 Å². The van der Waals surface area contributed by atoms with Gasteiger partial charge in [-0.25, -0.2) is 8.42 Å². The Kier molecular flexibility index (Phi) is 6.01. The zero-order valence-corrected chi connectivity index (χ0v) is 15.5. The van der Waals surface area contributed by atoms with Gasteiger partial charge in [-0.2, -0.15) is 0 Å². The molecule has 0 spiro atoms. The molecule has 0 aliphatic heterocycles. The van der Waals surface area contributed by atoms with Gasteiger partial charge in [0.1, 0.15) is 0 Å². The number of hydrogen-bond acceptors (Lipinski definition) is 4. The molecule has 1 aromatic rings. The first kappa shape index (κ1) is 18.9. The van der Waals surface area contributed by atoms with Crippen molar-refractivity contribution >= 4 is 15.9 Å². The van der Waals surface area contributed by atoms with Crippen molar-refractivity contribution in [1.82, 2.24) is 9.79 Å². The summed E-state index contributed by atoms with van der Waals surface area (Å²) in [6.07, 6.45) is 3.25. The highest BCUT2D eigenvalue weighted by Gasteiger charge is 2.29. The number of rotatable bonds is 5. The summed E-state index contributed by atoms with van der Waals surface area (Å²) in [5, 5.41) is 3.06. The molecular formula is C17H26N2O4S. The van der Waals surface area contributed by atoms with Crippen LogP contribution in [0.3, 0.4) is 0 Å². The molecule has 0 bridgehead atoms. The Hall–Kier alpha value is -1.44. The Morgan fingerprint density at radius 2 is 2.00 bits per heavy atom. The Morgan fingerprint density at radius 3 is 2.67 bits per heavy atom. The van der Waals surface area contributed by atoms with E-state index in [9.17, 15) is 13.2 Å². The smallest absolute Gasteiger partial charge is 0.264 e. The van der Waals surface area contributed by atoms with Crippen LogP contribution in [0.15, 0.2) is 29.2 Å². The van der Waals surface area contributed by atoms with E-state index in [4.69, 9.17) is 4.84 Å². The van der Waals surface area contributed by atoms with E-state index in [0.29, 0.717) is 17.4 Å². The first-order valence-electron chi connectivity index (χ1n) is 8.21. The van der Waals surface area contributed by atoms with Gasteiger partial charge < -0.3 is 5.32 Å². The summed E-state index contributed by atoms with van der Waals surface area (Å²) >= 11 is 0. The van der Waals surface area contributed by atoms with Crippen molar-refractivity contribution in [1.29, 1.82) is 0 Å². The molecule has 3 unspecified atom stereocenters. The van der Waals surface area contributed by atoms with Crippen LogP contribution in [-0.4, -0.2) is 39.0 Å². The van der Waals surface area contributed by atoms with E-state index in [2.05, 4.69) is 19.2 Å². The van der Waals surface area contributed by atoms with E-state index in [1.165, 1.54) is 32.7 Å². The molecular weight excluding hydrogens is 328 g/mol. The molecule has 1 aliphatic carbocycles. The molecule has 24 heavy (non-hydrogen) atoms. The second-order valence-corrected chi connectivity index (χ2v) is 8.41. The summed E-state index contributed by atoms with van der Waals surface area (Å²) in [7, 11) is -1.18. The molecule has 7 heteroatoms. The van der Waals surface area contributed by atoms with Gasteiger partial charge in [0.2, 0.25) is 0 Å². The fourth-order valence-corrected chi connectivity index (χ4v) is 4.10. The molecule has 1 aliphatic rings. The number of amides is 1. The minimum atomic E-state index is -3.77. The number of hydrogen-bond donors (Lipinski definition) is 1. The molecule has 1 N–H and O–H groups in total. The normalized spacial score (nSPS) is 24.8. The van der Waals surface area contributed by atoms with Crippen molar-refractivity contribution in [3.8, 4) is 0 Å². The summed E-state index contributed by atoms with van der Waals surface area (Å²) in [6, 6.07) is 6.16. The second kappa shape index (κ2) is 7.63. The van der Waals surface area contributed by atoms with Crippen LogP contribution >= 0.6 is 0 Å². The number of sulfonamides is 1. The van der Waals surface area contributed by atoms with Crippen LogP contribution in [0, 0.1) is 11.8 Å². The van der Waals surface area contributed by atoms with E-state index in [1.807, 2.05) is 0 Å². The minimum Gasteiger partial charge on any atom is -0.349 e. The van der Waals surface area contributed by atoms with Crippen LogP contribution in [0.2, 0.25) is 0 Å². The first-order chi connectivity index (χ1) is 11.3. The van der Waals surface area contributed by atoms with Gasteiger partial charge in [-0.05, 0) is 36.5 Å². The van der Waals surface area contributed by atoms with Gasteiger partial charge >= 0.3 is 0 Å². The first-order valence-corrected chi connectivity index (χ1v) is 9.65. The Labute approximate surface area is 144 Å². The largest absolute Gasteiger partial charge is 0.349 e. The Bertz CT molecular complexity index is 690. The van der Waals surface area contributed by atoms with Gasteiger partial charge in [0, 0.05) is 18.7 Å². The average Bonchev–Trinajstić information content (AvgIpc) is 2.58. The van der Waals surface area contributed by atoms with E-state index in [0.717, 1.165) is 17.3 Å². The Morgan fingerprint density at radius 1 is 1.29 bits per heavy atom. The predicted molar refractivity (Wildman–Crippen MR) is 91.8 cm³/mol. The minimum absolute atomic E-state index is 0.0320. The summed E-state index contributed by atoms with van der Waals surface area (Å²) in [5.41, 5.74) is 0.339. The summed E-state index contributed by atoms with van der Waals surface area (Å²) in [5.74, 6) is 0.749. The summed E-state index contributed by atoms with van der Waals surface area (Å²) in [4.78, 5) is 17.3. The predicted octanol–water partition coefficient (Wildman–Crippen LogP) is 2.42. The van der Waals surface area contributed by atoms with Crippen LogP contribution in [0.4, 0.5) is 0 Å². The second-order valence-electron chi connectivity index (χ2n) is 6.47. The SMILES string of the molecule is CON(C)S(=O)(=O)c1cccc(C(=O)NC2CCCC(C)C2C)c1. The van der Waals surface area contributed by atoms with Gasteiger partial charge in [-0.1, -0.05) is 37.2 Å². The molecule has 0 radical (unpaired) electrons. The lowest BCUT2D eigenvalue weighted by Gasteiger charge is -2.34. The topological polar surface area (TPSA) is 75.7 Å². The lowest BCUT2D eigenvalue weighted by molar-refractivity contribution is -0.0258. The van der Waals surface area contributed by atoms with Gasteiger partial charge in [0.05, 0.1) is 12.0 Å². The third-order valence-corrected chi connectivity index (χ3v) is 6.69. The molecule has 6 nitrogen and oxygen atoms in total. The zero-order valence-electron chi connectivity index (χ0n) is 14.7. The number of benzene rings is 1. The number of nitrogens with one attached hydrogen (secondary N) is 1. The van der Waals surface area contributed by atoms with Crippen LogP contribution in [-0.2, 0) is 14.9 Å². The third-order valence-electron chi connectivity index (χ3n) is 5.01. The number of nitrogens with zero attached hydrogens (tertiary/aromatic N) is 1. The summed E-state index contributed by atoms with van der Waals surface area (Å²) < 4.78 is 25.4. The Balaban J connectivity index is 2.18. The molecule has 1 amide bonds. The molecule has 0 aromatic heterocycles. The fourth-order valence-electron chi connectivity index (χ4n) is 3.08. The maximum absolute atomic E-state index is 12.5. The number of carbonyl (C=O) groups excluding carboxylic acids is 1. The van der Waals surface area contributed by atoms with Crippen molar-refractivity contribution < 1.29 is 18.0 Å². The van der Waals surface area contributed by atoms with Gasteiger partial charge in [-0.3, -0.25) is 9.63 Å². The van der Waals surface area contributed by atoms with Crippen LogP contribution in [0.5, 0.6) is 0 Å². The monoisotopic (exact) mass is 354 g/mol. The van der Waals surface area contributed by atoms with Crippen LogP contribution in [0.1, 0.15) is 43.5 Å². The van der Waals surface area contributed by atoms with Gasteiger partial charge in [0.25, 0.3) is 15.9 Å². The average molecular weight is 354 g/mol. The van der Waals surface area contributed by atoms with E-state index in [1.54, 1.807) is 12.1 Å². The number of carbonyl (C=O) groups is 1. The van der Waals surface area contributed by atoms with Crippen molar-refractivity contribution in [2.45, 2.75) is 44.0 Å². The van der Waals surface area contributed by atoms with E-state index in [-0.39, 0.29) is 16.8 Å². The van der Waals surface area contributed by atoms with Crippen molar-refractivity contribution in [3.05, 3.63) is 29.8 Å². The molecule has 1 aromatic carbocycles. The number of hydroxylamine groups is 1. The molecule has 134 valence electrons. The molecule has 0 saturated heterocycles. The third kappa shape index (κ3) is 3.96. The molecule has 2 rings (SSSR count). The van der Waals surface area contributed by atoms with Crippen LogP contribution in [0.25, 0.3) is 0 Å². The highest BCUT2D eigenvalue weighted by molar-refractivity contribution is 7.89. The highest BCUT2D eigenvalue weighted by Crippen LogP contribution is 2.29. The zero-order chi connectivity index (χ0) is 17.9. The molecule has 1 fully saturated rings. The van der Waals surface area contributed by atoms with Gasteiger partial charge in [0.15, 0.2) is 0 Å².